The van der Waals surface area contributed by atoms with Crippen molar-refractivity contribution >= 4 is 0 Å². The third-order valence-electron chi connectivity index (χ3n) is 2.06. The second-order valence-corrected chi connectivity index (χ2v) is 3.00. The van der Waals surface area contributed by atoms with Crippen molar-refractivity contribution in [2.45, 2.75) is 19.8 Å². The van der Waals surface area contributed by atoms with Gasteiger partial charge in [-0.3, -0.25) is 0 Å². The molecule has 0 heterocycles. The van der Waals surface area contributed by atoms with E-state index in [9.17, 15) is 13.2 Å². The molecular weight excluding hydrogens is 177 g/mol. The quantitative estimate of drug-likeness (QED) is 0.667. The average molecular weight is 187 g/mol. The van der Waals surface area contributed by atoms with Crippen LogP contribution in [0.4, 0.5) is 13.2 Å². The van der Waals surface area contributed by atoms with Crippen LogP contribution in [0, 0.1) is 19.9 Å². The number of hydrogen-bond acceptors (Lipinski definition) is 0. The Morgan fingerprint density at radius 3 is 2.54 bits per heavy atom. The van der Waals surface area contributed by atoms with Crippen molar-refractivity contribution in [2.75, 3.05) is 6.67 Å². The van der Waals surface area contributed by atoms with Crippen molar-refractivity contribution in [1.82, 2.24) is 0 Å². The number of aryl methyl sites for hydroxylation is 1. The highest BCUT2D eigenvalue weighted by atomic mass is 19.3. The Kier molecular flexibility index (Phi) is 2.64. The maximum Gasteiger partial charge on any atom is 0.301 e. The molecule has 0 nitrogen and oxygen atoms in total. The van der Waals surface area contributed by atoms with E-state index in [1.54, 1.807) is 19.9 Å². The summed E-state index contributed by atoms with van der Waals surface area (Å²) in [4.78, 5) is 0. The summed E-state index contributed by atoms with van der Waals surface area (Å²) >= 11 is 0. The highest BCUT2D eigenvalue weighted by Gasteiger charge is 2.33. The van der Waals surface area contributed by atoms with Crippen LogP contribution in [0.25, 0.3) is 0 Å². The molecule has 1 rings (SSSR count). The molecule has 0 aliphatic rings. The molecule has 0 aromatic heterocycles. The first-order chi connectivity index (χ1) is 5.99. The maximum absolute atomic E-state index is 12.9. The van der Waals surface area contributed by atoms with Gasteiger partial charge in [0.1, 0.15) is 0 Å². The fourth-order valence-corrected chi connectivity index (χ4v) is 1.13. The molecule has 0 spiro atoms. The van der Waals surface area contributed by atoms with Gasteiger partial charge >= 0.3 is 5.92 Å². The summed E-state index contributed by atoms with van der Waals surface area (Å²) in [6, 6.07) is 5.44. The van der Waals surface area contributed by atoms with Gasteiger partial charge in [-0.1, -0.05) is 12.1 Å². The number of rotatable bonds is 2. The predicted octanol–water partition coefficient (Wildman–Crippen LogP) is 3.16. The van der Waals surface area contributed by atoms with Crippen molar-refractivity contribution in [3.63, 3.8) is 0 Å². The minimum atomic E-state index is -3.41. The molecule has 0 bridgehead atoms. The van der Waals surface area contributed by atoms with E-state index >= 15 is 0 Å². The average Bonchev–Trinajstić information content (AvgIpc) is 2.09. The van der Waals surface area contributed by atoms with Crippen molar-refractivity contribution in [2.24, 2.45) is 0 Å². The third kappa shape index (κ3) is 1.85. The first-order valence-corrected chi connectivity index (χ1v) is 3.91. The first-order valence-electron chi connectivity index (χ1n) is 3.91. The second kappa shape index (κ2) is 3.40. The first kappa shape index (κ1) is 10.1. The largest absolute Gasteiger partial charge is 0.301 e. The Balaban J connectivity index is 3.22. The monoisotopic (exact) mass is 187 g/mol. The summed E-state index contributed by atoms with van der Waals surface area (Å²) in [5, 5.41) is 0. The van der Waals surface area contributed by atoms with E-state index in [1.807, 2.05) is 0 Å². The van der Waals surface area contributed by atoms with Crippen LogP contribution in [-0.4, -0.2) is 6.67 Å². The molecule has 1 aromatic carbocycles. The van der Waals surface area contributed by atoms with Crippen LogP contribution in [0.5, 0.6) is 0 Å². The smallest absolute Gasteiger partial charge is 0.244 e. The molecule has 13 heavy (non-hydrogen) atoms. The molecule has 0 atom stereocenters. The van der Waals surface area contributed by atoms with E-state index in [-0.39, 0.29) is 5.56 Å². The summed E-state index contributed by atoms with van der Waals surface area (Å²) in [6.07, 6.45) is 0. The Bertz CT molecular complexity index is 305. The molecule has 0 aliphatic carbocycles. The topological polar surface area (TPSA) is 0 Å². The Hall–Kier alpha value is -0.990. The highest BCUT2D eigenvalue weighted by Crippen LogP contribution is 2.31. The van der Waals surface area contributed by atoms with Crippen LogP contribution in [0.2, 0.25) is 0 Å². The van der Waals surface area contributed by atoms with Gasteiger partial charge in [-0.2, -0.15) is 8.78 Å². The minimum absolute atomic E-state index is 0.338. The molecule has 1 radical (unpaired) electrons. The predicted molar refractivity (Wildman–Crippen MR) is 44.6 cm³/mol. The zero-order valence-electron chi connectivity index (χ0n) is 7.50. The maximum atomic E-state index is 12.9. The van der Waals surface area contributed by atoms with Gasteiger partial charge in [0.15, 0.2) is 6.67 Å². The molecule has 0 saturated heterocycles. The van der Waals surface area contributed by atoms with E-state index in [2.05, 4.69) is 6.07 Å². The molecule has 0 unspecified atom stereocenters. The number of hydrogen-bond donors (Lipinski definition) is 0. The van der Waals surface area contributed by atoms with Gasteiger partial charge in [-0.15, -0.1) is 0 Å². The van der Waals surface area contributed by atoms with Crippen LogP contribution >= 0.6 is 0 Å². The van der Waals surface area contributed by atoms with Gasteiger partial charge in [0.25, 0.3) is 0 Å². The van der Waals surface area contributed by atoms with Crippen molar-refractivity contribution in [3.8, 4) is 0 Å². The summed E-state index contributed by atoms with van der Waals surface area (Å²) in [6.45, 7) is 1.58. The Morgan fingerprint density at radius 2 is 2.00 bits per heavy atom. The van der Waals surface area contributed by atoms with Gasteiger partial charge < -0.3 is 0 Å². The van der Waals surface area contributed by atoms with Crippen molar-refractivity contribution in [3.05, 3.63) is 34.9 Å². The highest BCUT2D eigenvalue weighted by molar-refractivity contribution is 5.35. The minimum Gasteiger partial charge on any atom is -0.244 e. The third-order valence-corrected chi connectivity index (χ3v) is 2.06. The van der Waals surface area contributed by atoms with E-state index < -0.39 is 12.6 Å². The number of alkyl halides is 3. The Labute approximate surface area is 75.4 Å². The van der Waals surface area contributed by atoms with E-state index in [0.29, 0.717) is 5.56 Å². The fraction of sp³-hybridized carbons (Fsp3) is 0.400. The summed E-state index contributed by atoms with van der Waals surface area (Å²) < 4.78 is 37.8. The van der Waals surface area contributed by atoms with Crippen molar-refractivity contribution < 1.29 is 13.2 Å². The molecule has 0 saturated carbocycles. The second-order valence-electron chi connectivity index (χ2n) is 3.00. The standard InChI is InChI=1S/C10H10F3/c1-7-4-3-5-9(8(7)2)10(12,13)6-11/h3-4H,6H2,1-2H3. The summed E-state index contributed by atoms with van der Waals surface area (Å²) in [5.74, 6) is -3.41. The van der Waals surface area contributed by atoms with E-state index in [4.69, 9.17) is 0 Å². The van der Waals surface area contributed by atoms with Crippen LogP contribution in [-0.2, 0) is 5.92 Å². The van der Waals surface area contributed by atoms with Gasteiger partial charge in [0.05, 0.1) is 0 Å². The molecule has 0 amide bonds. The van der Waals surface area contributed by atoms with Gasteiger partial charge in [-0.25, -0.2) is 4.39 Å². The molecule has 0 N–H and O–H groups in total. The zero-order chi connectivity index (χ0) is 10.1. The van der Waals surface area contributed by atoms with Gasteiger partial charge in [0, 0.05) is 5.56 Å². The number of halogens is 3. The van der Waals surface area contributed by atoms with Crippen LogP contribution in [0.15, 0.2) is 12.1 Å². The lowest BCUT2D eigenvalue weighted by Crippen LogP contribution is -2.17. The van der Waals surface area contributed by atoms with Crippen LogP contribution in [0.3, 0.4) is 0 Å². The number of benzene rings is 1. The lowest BCUT2D eigenvalue weighted by atomic mass is 9.99. The Morgan fingerprint density at radius 1 is 1.38 bits per heavy atom. The van der Waals surface area contributed by atoms with E-state index in [0.717, 1.165) is 5.56 Å². The lowest BCUT2D eigenvalue weighted by Gasteiger charge is -2.15. The molecule has 1 aromatic rings. The molecule has 0 aliphatic heterocycles. The fourth-order valence-electron chi connectivity index (χ4n) is 1.13. The van der Waals surface area contributed by atoms with Crippen LogP contribution < -0.4 is 0 Å². The molecule has 71 valence electrons. The molecule has 3 heteroatoms. The van der Waals surface area contributed by atoms with E-state index in [1.165, 1.54) is 6.07 Å². The summed E-state index contributed by atoms with van der Waals surface area (Å²) in [5.41, 5.74) is 0.794. The van der Waals surface area contributed by atoms with Gasteiger partial charge in [-0.05, 0) is 31.0 Å². The lowest BCUT2D eigenvalue weighted by molar-refractivity contribution is -0.0289. The SMILES string of the molecule is Cc1cc[c]c(C(F)(F)CF)c1C. The zero-order valence-corrected chi connectivity index (χ0v) is 7.50. The normalized spacial score (nSPS) is 11.8. The molecule has 0 fully saturated rings. The van der Waals surface area contributed by atoms with Crippen LogP contribution in [0.1, 0.15) is 16.7 Å². The van der Waals surface area contributed by atoms with Gasteiger partial charge in [0.2, 0.25) is 0 Å². The molecular formula is C10H10F3. The summed E-state index contributed by atoms with van der Waals surface area (Å²) in [7, 11) is 0. The van der Waals surface area contributed by atoms with Crippen molar-refractivity contribution in [1.29, 1.82) is 0 Å².